The predicted molar refractivity (Wildman–Crippen MR) is 80.0 cm³/mol. The van der Waals surface area contributed by atoms with Gasteiger partial charge < -0.3 is 38.9 Å². The van der Waals surface area contributed by atoms with Crippen LogP contribution in [0.4, 0.5) is 0 Å². The fourth-order valence-electron chi connectivity index (χ4n) is 1.92. The summed E-state index contributed by atoms with van der Waals surface area (Å²) in [5.41, 5.74) is 0. The molecule has 0 amide bonds. The Labute approximate surface area is 135 Å². The molecule has 0 radical (unpaired) electrons. The molecule has 10 heteroatoms. The van der Waals surface area contributed by atoms with E-state index >= 15 is 0 Å². The van der Waals surface area contributed by atoms with Crippen molar-refractivity contribution in [1.82, 2.24) is 0 Å². The van der Waals surface area contributed by atoms with Gasteiger partial charge in [-0.3, -0.25) is 4.57 Å². The van der Waals surface area contributed by atoms with E-state index in [1.165, 1.54) is 6.92 Å². The molecule has 1 rings (SSSR count). The van der Waals surface area contributed by atoms with Crippen molar-refractivity contribution in [3.8, 4) is 0 Å². The normalized spacial score (nSPS) is 34.5. The summed E-state index contributed by atoms with van der Waals surface area (Å²) in [5, 5.41) is 29.6. The summed E-state index contributed by atoms with van der Waals surface area (Å²) < 4.78 is 32.2. The van der Waals surface area contributed by atoms with Crippen molar-refractivity contribution in [3.63, 3.8) is 0 Å². The number of rotatable bonds is 9. The maximum Gasteiger partial charge on any atom is 0.327 e. The molecule has 1 heterocycles. The van der Waals surface area contributed by atoms with Crippen molar-refractivity contribution in [2.75, 3.05) is 26.0 Å². The summed E-state index contributed by atoms with van der Waals surface area (Å²) in [6.07, 6.45) is -6.80. The van der Waals surface area contributed by atoms with Crippen LogP contribution in [0.5, 0.6) is 0 Å². The van der Waals surface area contributed by atoms with Gasteiger partial charge in [0.25, 0.3) is 0 Å². The quantitative estimate of drug-likeness (QED) is 0.316. The monoisotopic (exact) mass is 358 g/mol. The molecule has 1 fully saturated rings. The molecule has 23 heavy (non-hydrogen) atoms. The lowest BCUT2D eigenvalue weighted by Crippen LogP contribution is -2.59. The highest BCUT2D eigenvalue weighted by Gasteiger charge is 2.44. The van der Waals surface area contributed by atoms with E-state index in [4.69, 9.17) is 18.7 Å². The highest BCUT2D eigenvalue weighted by atomic mass is 31.2. The Balaban J connectivity index is 2.54. The third-order valence-corrected chi connectivity index (χ3v) is 4.68. The minimum absolute atomic E-state index is 0.0251. The lowest BCUT2D eigenvalue weighted by atomic mass is 9.99. The van der Waals surface area contributed by atoms with Gasteiger partial charge in [0.15, 0.2) is 6.29 Å². The van der Waals surface area contributed by atoms with Crippen LogP contribution in [0.15, 0.2) is 0 Å². The first kappa shape index (κ1) is 21.0. The lowest BCUT2D eigenvalue weighted by Gasteiger charge is -2.40. The summed E-state index contributed by atoms with van der Waals surface area (Å²) in [6.45, 7) is 5.18. The molecular formula is C13H27O9P. The first-order valence-electron chi connectivity index (χ1n) is 7.57. The Morgan fingerprint density at radius 3 is 2.35 bits per heavy atom. The molecule has 9 nitrogen and oxygen atoms in total. The van der Waals surface area contributed by atoms with Crippen LogP contribution < -0.4 is 0 Å². The van der Waals surface area contributed by atoms with Crippen molar-refractivity contribution >= 4 is 7.60 Å². The van der Waals surface area contributed by atoms with Gasteiger partial charge in [0.2, 0.25) is 0 Å². The van der Waals surface area contributed by atoms with Gasteiger partial charge in [-0.2, -0.15) is 0 Å². The van der Waals surface area contributed by atoms with Crippen LogP contribution in [0, 0.1) is 0 Å². The van der Waals surface area contributed by atoms with Crippen molar-refractivity contribution in [3.05, 3.63) is 0 Å². The number of ether oxygens (including phenoxy) is 3. The zero-order valence-corrected chi connectivity index (χ0v) is 14.5. The minimum Gasteiger partial charge on any atom is -0.387 e. The molecule has 0 saturated carbocycles. The minimum atomic E-state index is -3.75. The average Bonchev–Trinajstić information content (AvgIpc) is 2.50. The third-order valence-electron chi connectivity index (χ3n) is 3.33. The van der Waals surface area contributed by atoms with Crippen LogP contribution in [0.3, 0.4) is 0 Å². The molecule has 6 unspecified atom stereocenters. The molecule has 0 aromatic carbocycles. The first-order valence-corrected chi connectivity index (χ1v) is 9.33. The van der Waals surface area contributed by atoms with Crippen LogP contribution in [-0.2, 0) is 23.3 Å². The molecule has 0 aromatic rings. The van der Waals surface area contributed by atoms with Crippen molar-refractivity contribution < 1.29 is 43.5 Å². The largest absolute Gasteiger partial charge is 0.387 e. The molecular weight excluding hydrogens is 331 g/mol. The predicted octanol–water partition coefficient (Wildman–Crippen LogP) is -0.542. The SMILES string of the molecule is CCP(=O)(O)OCC1OC(OCCOC(C)C)C(O)C(O)C1O. The van der Waals surface area contributed by atoms with Gasteiger partial charge in [-0.1, -0.05) is 6.92 Å². The number of hydrogen-bond donors (Lipinski definition) is 4. The van der Waals surface area contributed by atoms with Crippen LogP contribution in [-0.4, -0.2) is 83.0 Å². The van der Waals surface area contributed by atoms with Crippen LogP contribution in [0.1, 0.15) is 20.8 Å². The van der Waals surface area contributed by atoms with Gasteiger partial charge in [-0.05, 0) is 13.8 Å². The second kappa shape index (κ2) is 9.41. The van der Waals surface area contributed by atoms with Gasteiger partial charge in [0.1, 0.15) is 24.4 Å². The van der Waals surface area contributed by atoms with Gasteiger partial charge in [-0.25, -0.2) is 0 Å². The topological polar surface area (TPSA) is 135 Å². The van der Waals surface area contributed by atoms with Crippen molar-refractivity contribution in [2.45, 2.75) is 57.6 Å². The summed E-state index contributed by atoms with van der Waals surface area (Å²) in [4.78, 5) is 9.39. The summed E-state index contributed by atoms with van der Waals surface area (Å²) >= 11 is 0. The van der Waals surface area contributed by atoms with E-state index in [1.54, 1.807) is 0 Å². The zero-order valence-electron chi connectivity index (χ0n) is 13.6. The van der Waals surface area contributed by atoms with Crippen LogP contribution in [0.25, 0.3) is 0 Å². The maximum atomic E-state index is 11.5. The lowest BCUT2D eigenvalue weighted by molar-refractivity contribution is -0.301. The number of aliphatic hydroxyl groups excluding tert-OH is 3. The average molecular weight is 358 g/mol. The van der Waals surface area contributed by atoms with E-state index in [0.29, 0.717) is 0 Å². The Morgan fingerprint density at radius 1 is 1.13 bits per heavy atom. The molecule has 1 saturated heterocycles. The summed E-state index contributed by atoms with van der Waals surface area (Å²) in [7, 11) is -3.75. The Morgan fingerprint density at radius 2 is 1.78 bits per heavy atom. The highest BCUT2D eigenvalue weighted by Crippen LogP contribution is 2.41. The smallest absolute Gasteiger partial charge is 0.327 e. The van der Waals surface area contributed by atoms with E-state index in [9.17, 15) is 24.8 Å². The molecule has 1 aliphatic heterocycles. The molecule has 6 atom stereocenters. The summed E-state index contributed by atoms with van der Waals surface area (Å²) in [5.74, 6) is 0. The Kier molecular flexibility index (Phi) is 8.57. The van der Waals surface area contributed by atoms with Crippen LogP contribution >= 0.6 is 7.60 Å². The first-order chi connectivity index (χ1) is 10.7. The molecule has 0 bridgehead atoms. The van der Waals surface area contributed by atoms with E-state index < -0.39 is 44.9 Å². The van der Waals surface area contributed by atoms with Crippen LogP contribution in [0.2, 0.25) is 0 Å². The second-order valence-corrected chi connectivity index (χ2v) is 7.72. The fraction of sp³-hybridized carbons (Fsp3) is 1.00. The molecule has 138 valence electrons. The van der Waals surface area contributed by atoms with E-state index in [1.807, 2.05) is 13.8 Å². The molecule has 0 aliphatic carbocycles. The van der Waals surface area contributed by atoms with E-state index in [-0.39, 0.29) is 25.5 Å². The Bertz CT molecular complexity index is 392. The maximum absolute atomic E-state index is 11.5. The number of hydrogen-bond acceptors (Lipinski definition) is 8. The molecule has 1 aliphatic rings. The second-order valence-electron chi connectivity index (χ2n) is 5.55. The highest BCUT2D eigenvalue weighted by molar-refractivity contribution is 7.52. The zero-order chi connectivity index (χ0) is 17.6. The number of aliphatic hydroxyl groups is 3. The van der Waals surface area contributed by atoms with Gasteiger partial charge >= 0.3 is 7.60 Å². The van der Waals surface area contributed by atoms with E-state index in [0.717, 1.165) is 0 Å². The summed E-state index contributed by atoms with van der Waals surface area (Å²) in [6, 6.07) is 0. The molecule has 0 aromatic heterocycles. The van der Waals surface area contributed by atoms with Gasteiger partial charge in [-0.15, -0.1) is 0 Å². The Hall–Kier alpha value is -0.0900. The van der Waals surface area contributed by atoms with Gasteiger partial charge in [0, 0.05) is 6.16 Å². The molecule has 4 N–H and O–H groups in total. The van der Waals surface area contributed by atoms with Crippen molar-refractivity contribution in [2.24, 2.45) is 0 Å². The van der Waals surface area contributed by atoms with Crippen molar-refractivity contribution in [1.29, 1.82) is 0 Å². The van der Waals surface area contributed by atoms with E-state index in [2.05, 4.69) is 0 Å². The molecule has 0 spiro atoms. The van der Waals surface area contributed by atoms with Gasteiger partial charge in [0.05, 0.1) is 25.9 Å². The standard InChI is InChI=1S/C13H27O9P/c1-4-23(17,18)21-7-9-10(14)11(15)12(16)13(22-9)20-6-5-19-8(2)3/h8-16H,4-7H2,1-3H3,(H,17,18). The third kappa shape index (κ3) is 6.74. The fourth-order valence-corrected chi connectivity index (χ4v) is 2.48.